The second kappa shape index (κ2) is 6.44. The molecule has 1 aromatic heterocycles. The Hall–Kier alpha value is -1.14. The maximum Gasteiger partial charge on any atom is 0.324 e. The molecule has 0 aliphatic carbocycles. The third-order valence-corrected chi connectivity index (χ3v) is 1.78. The van der Waals surface area contributed by atoms with E-state index in [1.54, 1.807) is 0 Å². The Bertz CT molecular complexity index is 338. The minimum atomic E-state index is -0.164. The van der Waals surface area contributed by atoms with Crippen LogP contribution in [0.15, 0.2) is 0 Å². The maximum atomic E-state index is 5.66. The van der Waals surface area contributed by atoms with Crippen molar-refractivity contribution in [2.24, 2.45) is 0 Å². The molecule has 0 saturated heterocycles. The van der Waals surface area contributed by atoms with Crippen LogP contribution in [0, 0.1) is 0 Å². The van der Waals surface area contributed by atoms with E-state index in [1.807, 2.05) is 13.8 Å². The Morgan fingerprint density at radius 3 is 2.56 bits per heavy atom. The van der Waals surface area contributed by atoms with Gasteiger partial charge in [0, 0.05) is 6.61 Å². The van der Waals surface area contributed by atoms with E-state index in [9.17, 15) is 0 Å². The topological polar surface area (TPSA) is 66.4 Å². The maximum absolute atomic E-state index is 5.66. The van der Waals surface area contributed by atoms with E-state index >= 15 is 0 Å². The third kappa shape index (κ3) is 4.16. The fraction of sp³-hybridized carbons (Fsp3) is 0.667. The number of aromatic nitrogens is 3. The van der Waals surface area contributed by atoms with Crippen LogP contribution in [0.25, 0.3) is 0 Å². The first-order chi connectivity index (χ1) is 7.65. The lowest BCUT2D eigenvalue weighted by atomic mass is 10.4. The number of rotatable bonds is 6. The molecule has 0 aliphatic rings. The minimum Gasteiger partial charge on any atom is -0.467 e. The molecule has 1 aromatic rings. The largest absolute Gasteiger partial charge is 0.467 e. The molecule has 1 rings (SSSR count). The molecule has 0 amide bonds. The molecule has 0 fully saturated rings. The molecule has 0 radical (unpaired) electrons. The number of hydrogen-bond acceptors (Lipinski definition) is 6. The van der Waals surface area contributed by atoms with Gasteiger partial charge in [0.1, 0.15) is 6.10 Å². The number of methoxy groups -OCH3 is 1. The average molecular weight is 248 g/mol. The van der Waals surface area contributed by atoms with Gasteiger partial charge in [0.25, 0.3) is 0 Å². The second-order valence-electron chi connectivity index (χ2n) is 2.96. The van der Waals surface area contributed by atoms with Gasteiger partial charge in [-0.1, -0.05) is 0 Å². The van der Waals surface area contributed by atoms with Crippen molar-refractivity contribution in [1.82, 2.24) is 15.0 Å². The fourth-order valence-electron chi connectivity index (χ4n) is 0.956. The molecule has 0 spiro atoms. The standard InChI is InChI=1S/C9H14ClN3O3/c1-4-15-5-6(2)16-9-12-7(10)11-8(13-9)14-3/h6H,4-5H2,1-3H3. The molecular weight excluding hydrogens is 234 g/mol. The van der Waals surface area contributed by atoms with Crippen molar-refractivity contribution in [3.8, 4) is 12.0 Å². The van der Waals surface area contributed by atoms with Crippen LogP contribution in [0.4, 0.5) is 0 Å². The van der Waals surface area contributed by atoms with Crippen LogP contribution in [-0.4, -0.2) is 41.4 Å². The molecular formula is C9H14ClN3O3. The van der Waals surface area contributed by atoms with Crippen molar-refractivity contribution < 1.29 is 14.2 Å². The highest BCUT2D eigenvalue weighted by atomic mass is 35.5. The van der Waals surface area contributed by atoms with Gasteiger partial charge in [-0.25, -0.2) is 0 Å². The lowest BCUT2D eigenvalue weighted by molar-refractivity contribution is 0.0601. The number of halogens is 1. The first-order valence-corrected chi connectivity index (χ1v) is 5.23. The van der Waals surface area contributed by atoms with Gasteiger partial charge in [-0.05, 0) is 25.4 Å². The molecule has 1 atom stereocenters. The van der Waals surface area contributed by atoms with Gasteiger partial charge >= 0.3 is 12.0 Å². The summed E-state index contributed by atoms with van der Waals surface area (Å²) in [4.78, 5) is 11.4. The van der Waals surface area contributed by atoms with Crippen LogP contribution in [0.3, 0.4) is 0 Å². The predicted molar refractivity (Wildman–Crippen MR) is 58.0 cm³/mol. The van der Waals surface area contributed by atoms with E-state index in [1.165, 1.54) is 7.11 Å². The SMILES string of the molecule is CCOCC(C)Oc1nc(Cl)nc(OC)n1. The van der Waals surface area contributed by atoms with Crippen LogP contribution in [0.2, 0.25) is 5.28 Å². The van der Waals surface area contributed by atoms with Gasteiger partial charge < -0.3 is 14.2 Å². The summed E-state index contributed by atoms with van der Waals surface area (Å²) in [5.41, 5.74) is 0. The Labute approximate surface area is 98.9 Å². The quantitative estimate of drug-likeness (QED) is 0.756. The van der Waals surface area contributed by atoms with E-state index < -0.39 is 0 Å². The molecule has 1 heterocycles. The van der Waals surface area contributed by atoms with Crippen molar-refractivity contribution in [3.63, 3.8) is 0 Å². The Balaban J connectivity index is 2.61. The van der Waals surface area contributed by atoms with Crippen molar-refractivity contribution in [2.75, 3.05) is 20.3 Å². The summed E-state index contributed by atoms with van der Waals surface area (Å²) >= 11 is 5.66. The second-order valence-corrected chi connectivity index (χ2v) is 3.30. The van der Waals surface area contributed by atoms with Crippen molar-refractivity contribution in [3.05, 3.63) is 5.28 Å². The molecule has 0 bridgehead atoms. The van der Waals surface area contributed by atoms with Crippen LogP contribution < -0.4 is 9.47 Å². The van der Waals surface area contributed by atoms with E-state index in [0.717, 1.165) is 0 Å². The minimum absolute atomic E-state index is 0.0328. The van der Waals surface area contributed by atoms with Crippen LogP contribution >= 0.6 is 11.6 Å². The molecule has 0 aromatic carbocycles. The first kappa shape index (κ1) is 12.9. The number of nitrogens with zero attached hydrogens (tertiary/aromatic N) is 3. The summed E-state index contributed by atoms with van der Waals surface area (Å²) < 4.78 is 15.4. The van der Waals surface area contributed by atoms with E-state index in [4.69, 9.17) is 25.8 Å². The summed E-state index contributed by atoms with van der Waals surface area (Å²) in [5.74, 6) is 0. The highest BCUT2D eigenvalue weighted by molar-refractivity contribution is 6.28. The summed E-state index contributed by atoms with van der Waals surface area (Å²) in [6.07, 6.45) is -0.164. The number of hydrogen-bond donors (Lipinski definition) is 0. The molecule has 6 nitrogen and oxygen atoms in total. The molecule has 0 saturated carbocycles. The average Bonchev–Trinajstić information content (AvgIpc) is 2.25. The van der Waals surface area contributed by atoms with Crippen LogP contribution in [-0.2, 0) is 4.74 Å². The van der Waals surface area contributed by atoms with Crippen LogP contribution in [0.5, 0.6) is 12.0 Å². The zero-order valence-corrected chi connectivity index (χ0v) is 10.2. The van der Waals surface area contributed by atoms with Crippen LogP contribution in [0.1, 0.15) is 13.8 Å². The lowest BCUT2D eigenvalue weighted by Crippen LogP contribution is -2.20. The first-order valence-electron chi connectivity index (χ1n) is 4.85. The molecule has 90 valence electrons. The Morgan fingerprint density at radius 1 is 1.25 bits per heavy atom. The highest BCUT2D eigenvalue weighted by Crippen LogP contribution is 2.13. The Morgan fingerprint density at radius 2 is 1.94 bits per heavy atom. The van der Waals surface area contributed by atoms with Crippen molar-refractivity contribution >= 4 is 11.6 Å². The zero-order chi connectivity index (χ0) is 12.0. The molecule has 1 unspecified atom stereocenters. The summed E-state index contributed by atoms with van der Waals surface area (Å²) in [5, 5.41) is 0.0328. The van der Waals surface area contributed by atoms with Gasteiger partial charge in [-0.3, -0.25) is 0 Å². The zero-order valence-electron chi connectivity index (χ0n) is 9.44. The van der Waals surface area contributed by atoms with Crippen molar-refractivity contribution in [2.45, 2.75) is 20.0 Å². The smallest absolute Gasteiger partial charge is 0.324 e. The summed E-state index contributed by atoms with van der Waals surface area (Å²) in [7, 11) is 1.44. The van der Waals surface area contributed by atoms with E-state index in [0.29, 0.717) is 13.2 Å². The third-order valence-electron chi connectivity index (χ3n) is 1.61. The van der Waals surface area contributed by atoms with E-state index in [-0.39, 0.29) is 23.4 Å². The lowest BCUT2D eigenvalue weighted by Gasteiger charge is -2.12. The molecule has 0 aliphatic heterocycles. The van der Waals surface area contributed by atoms with Gasteiger partial charge in [0.05, 0.1) is 13.7 Å². The summed E-state index contributed by atoms with van der Waals surface area (Å²) in [6, 6.07) is 0.252. The van der Waals surface area contributed by atoms with E-state index in [2.05, 4.69) is 15.0 Å². The highest BCUT2D eigenvalue weighted by Gasteiger charge is 2.10. The molecule has 7 heteroatoms. The van der Waals surface area contributed by atoms with Gasteiger partial charge in [-0.2, -0.15) is 9.97 Å². The van der Waals surface area contributed by atoms with Crippen molar-refractivity contribution in [1.29, 1.82) is 0 Å². The predicted octanol–water partition coefficient (Wildman–Crippen LogP) is 1.34. The summed E-state index contributed by atoms with van der Waals surface area (Å²) in [6.45, 7) is 4.85. The Kier molecular flexibility index (Phi) is 5.21. The number of ether oxygens (including phenoxy) is 3. The van der Waals surface area contributed by atoms with Gasteiger partial charge in [-0.15, -0.1) is 4.98 Å². The molecule has 0 N–H and O–H groups in total. The molecule has 16 heavy (non-hydrogen) atoms. The normalized spacial score (nSPS) is 12.2. The van der Waals surface area contributed by atoms with Gasteiger partial charge in [0.15, 0.2) is 0 Å². The van der Waals surface area contributed by atoms with Gasteiger partial charge in [0.2, 0.25) is 5.28 Å². The fourth-order valence-corrected chi connectivity index (χ4v) is 1.10. The monoisotopic (exact) mass is 247 g/mol.